The van der Waals surface area contributed by atoms with Crippen LogP contribution in [0, 0.1) is 6.92 Å². The van der Waals surface area contributed by atoms with E-state index in [4.69, 9.17) is 19.0 Å². The van der Waals surface area contributed by atoms with Gasteiger partial charge in [-0.2, -0.15) is 0 Å². The van der Waals surface area contributed by atoms with Crippen LogP contribution in [0.25, 0.3) is 0 Å². The number of hydroxylamine groups is 1. The standard InChI is InChI=1S/C29H35N3O9S/c1-21-9-11-23(12-10-21)42(36,37)32(41-28(35)31-16-13-29(14-17-31)38-18-19-39-29)25(20-22-6-3-2-4-7-22)27(34)40-26(33)24-8-5-15-30-24/h2-4,6-7,9-12,24-25,30H,5,8,13-20H2,1H3/t24-,25-/m0/s1. The summed E-state index contributed by atoms with van der Waals surface area (Å²) in [5.74, 6) is -2.72. The van der Waals surface area contributed by atoms with Crippen LogP contribution in [-0.2, 0) is 45.1 Å². The van der Waals surface area contributed by atoms with Crippen LogP contribution >= 0.6 is 0 Å². The van der Waals surface area contributed by atoms with Crippen molar-refractivity contribution >= 4 is 28.1 Å². The van der Waals surface area contributed by atoms with Gasteiger partial charge in [0, 0.05) is 32.4 Å². The zero-order valence-electron chi connectivity index (χ0n) is 23.4. The lowest BCUT2D eigenvalue weighted by molar-refractivity contribution is -0.185. The molecule has 0 unspecified atom stereocenters. The van der Waals surface area contributed by atoms with Crippen LogP contribution in [0.2, 0.25) is 0 Å². The Bertz CT molecular complexity index is 1360. The SMILES string of the molecule is Cc1ccc(S(=O)(=O)N(OC(=O)N2CCC3(CC2)OCCO3)[C@@H](Cc2ccccc2)C(=O)OC(=O)[C@@H]2CCCN2)cc1. The van der Waals surface area contributed by atoms with Gasteiger partial charge in [0.25, 0.3) is 10.0 Å². The van der Waals surface area contributed by atoms with Crippen molar-refractivity contribution in [3.05, 3.63) is 65.7 Å². The van der Waals surface area contributed by atoms with Crippen LogP contribution in [0.3, 0.4) is 0 Å². The van der Waals surface area contributed by atoms with Crippen molar-refractivity contribution in [2.75, 3.05) is 32.8 Å². The summed E-state index contributed by atoms with van der Waals surface area (Å²) in [7, 11) is -4.61. The number of carbonyl (C=O) groups is 3. The van der Waals surface area contributed by atoms with E-state index in [1.807, 2.05) is 0 Å². The van der Waals surface area contributed by atoms with Crippen molar-refractivity contribution in [2.45, 2.75) is 61.8 Å². The van der Waals surface area contributed by atoms with Gasteiger partial charge < -0.3 is 29.3 Å². The molecular formula is C29H35N3O9S. The molecule has 2 aromatic rings. The Morgan fingerprint density at radius 3 is 2.33 bits per heavy atom. The van der Waals surface area contributed by atoms with Crippen molar-refractivity contribution in [3.63, 3.8) is 0 Å². The minimum absolute atomic E-state index is 0.191. The molecule has 5 rings (SSSR count). The summed E-state index contributed by atoms with van der Waals surface area (Å²) in [6, 6.07) is 12.2. The summed E-state index contributed by atoms with van der Waals surface area (Å²) in [6.07, 6.45) is 0.804. The van der Waals surface area contributed by atoms with Gasteiger partial charge in [-0.15, -0.1) is 0 Å². The van der Waals surface area contributed by atoms with Gasteiger partial charge in [0.2, 0.25) is 0 Å². The molecule has 0 saturated carbocycles. The molecule has 0 radical (unpaired) electrons. The van der Waals surface area contributed by atoms with E-state index < -0.39 is 45.9 Å². The summed E-state index contributed by atoms with van der Waals surface area (Å²) in [5, 5.41) is 2.97. The van der Waals surface area contributed by atoms with Crippen LogP contribution in [0.15, 0.2) is 59.5 Å². The summed E-state index contributed by atoms with van der Waals surface area (Å²) in [4.78, 5) is 46.5. The average Bonchev–Trinajstić information content (AvgIpc) is 3.69. The van der Waals surface area contributed by atoms with Crippen LogP contribution in [0.1, 0.15) is 36.8 Å². The van der Waals surface area contributed by atoms with Gasteiger partial charge >= 0.3 is 18.0 Å². The Morgan fingerprint density at radius 1 is 1.05 bits per heavy atom. The molecule has 1 N–H and O–H groups in total. The molecule has 226 valence electrons. The van der Waals surface area contributed by atoms with Gasteiger partial charge in [0.1, 0.15) is 6.04 Å². The Labute approximate surface area is 244 Å². The van der Waals surface area contributed by atoms with Gasteiger partial charge in [-0.3, -0.25) is 0 Å². The van der Waals surface area contributed by atoms with E-state index in [0.717, 1.165) is 12.0 Å². The zero-order valence-corrected chi connectivity index (χ0v) is 24.2. The fraction of sp³-hybridized carbons (Fsp3) is 0.483. The topological polar surface area (TPSA) is 141 Å². The van der Waals surface area contributed by atoms with Crippen molar-refractivity contribution in [2.24, 2.45) is 0 Å². The Kier molecular flexibility index (Phi) is 9.23. The maximum absolute atomic E-state index is 14.0. The molecule has 13 heteroatoms. The number of rotatable bonds is 8. The molecular weight excluding hydrogens is 566 g/mol. The molecule has 3 aliphatic rings. The summed E-state index contributed by atoms with van der Waals surface area (Å²) in [5.41, 5.74) is 1.38. The van der Waals surface area contributed by atoms with E-state index in [1.165, 1.54) is 17.0 Å². The molecule has 0 aliphatic carbocycles. The van der Waals surface area contributed by atoms with E-state index in [2.05, 4.69) is 5.32 Å². The maximum atomic E-state index is 14.0. The second-order valence-electron chi connectivity index (χ2n) is 10.6. The number of hydrogen-bond acceptors (Lipinski definition) is 10. The number of sulfonamides is 1. The number of esters is 2. The number of ether oxygens (including phenoxy) is 3. The van der Waals surface area contributed by atoms with Gasteiger partial charge in [0.15, 0.2) is 11.8 Å². The number of amides is 1. The predicted molar refractivity (Wildman–Crippen MR) is 148 cm³/mol. The van der Waals surface area contributed by atoms with E-state index in [9.17, 15) is 22.8 Å². The van der Waals surface area contributed by atoms with Gasteiger partial charge in [0.05, 0.1) is 18.1 Å². The third kappa shape index (κ3) is 6.81. The van der Waals surface area contributed by atoms with Crippen molar-refractivity contribution in [1.29, 1.82) is 0 Å². The third-order valence-electron chi connectivity index (χ3n) is 7.67. The number of nitrogens with zero attached hydrogens (tertiary/aromatic N) is 2. The van der Waals surface area contributed by atoms with Gasteiger partial charge in [-0.1, -0.05) is 48.0 Å². The Balaban J connectivity index is 1.45. The molecule has 2 aromatic carbocycles. The molecule has 0 aromatic heterocycles. The smallest absolute Gasteiger partial charge is 0.391 e. The highest BCUT2D eigenvalue weighted by Gasteiger charge is 2.45. The third-order valence-corrected chi connectivity index (χ3v) is 9.34. The van der Waals surface area contributed by atoms with Crippen LogP contribution in [0.5, 0.6) is 0 Å². The molecule has 42 heavy (non-hydrogen) atoms. The van der Waals surface area contributed by atoms with Crippen LogP contribution in [0.4, 0.5) is 4.79 Å². The number of benzene rings is 2. The molecule has 2 atom stereocenters. The maximum Gasteiger partial charge on any atom is 0.429 e. The highest BCUT2D eigenvalue weighted by atomic mass is 32.2. The van der Waals surface area contributed by atoms with Crippen molar-refractivity contribution < 1.29 is 41.8 Å². The second kappa shape index (κ2) is 12.9. The van der Waals surface area contributed by atoms with Crippen LogP contribution in [-0.4, -0.2) is 86.5 Å². The first-order valence-electron chi connectivity index (χ1n) is 14.1. The molecule has 0 bridgehead atoms. The minimum atomic E-state index is -4.61. The Morgan fingerprint density at radius 2 is 1.71 bits per heavy atom. The normalized spacial score (nSPS) is 20.9. The summed E-state index contributed by atoms with van der Waals surface area (Å²) < 4.78 is 45.1. The number of nitrogens with one attached hydrogen (secondary N) is 1. The number of piperidine rings is 1. The van der Waals surface area contributed by atoms with E-state index in [0.29, 0.717) is 49.1 Å². The van der Waals surface area contributed by atoms with E-state index in [-0.39, 0.29) is 24.4 Å². The van der Waals surface area contributed by atoms with Crippen LogP contribution < -0.4 is 5.32 Å². The Hall–Kier alpha value is -3.36. The fourth-order valence-corrected chi connectivity index (χ4v) is 6.60. The largest absolute Gasteiger partial charge is 0.429 e. The molecule has 1 spiro atoms. The molecule has 3 saturated heterocycles. The van der Waals surface area contributed by atoms with Crippen molar-refractivity contribution in [3.8, 4) is 0 Å². The summed E-state index contributed by atoms with van der Waals surface area (Å²) in [6.45, 7) is 3.71. The molecule has 3 aliphatic heterocycles. The number of aryl methyl sites for hydroxylation is 1. The van der Waals surface area contributed by atoms with E-state index in [1.54, 1.807) is 49.4 Å². The first kappa shape index (κ1) is 30.1. The van der Waals surface area contributed by atoms with Gasteiger partial charge in [-0.25, -0.2) is 22.8 Å². The highest BCUT2D eigenvalue weighted by Crippen LogP contribution is 2.32. The van der Waals surface area contributed by atoms with Crippen molar-refractivity contribution in [1.82, 2.24) is 14.7 Å². The molecule has 1 amide bonds. The first-order valence-corrected chi connectivity index (χ1v) is 15.5. The molecule has 3 heterocycles. The monoisotopic (exact) mass is 601 g/mol. The highest BCUT2D eigenvalue weighted by molar-refractivity contribution is 7.89. The zero-order chi connectivity index (χ0) is 29.7. The lowest BCUT2D eigenvalue weighted by atomic mass is 10.0. The lowest BCUT2D eigenvalue weighted by Crippen LogP contribution is -2.53. The number of carbonyl (C=O) groups excluding carboxylic acids is 3. The fourth-order valence-electron chi connectivity index (χ4n) is 5.25. The number of likely N-dealkylation sites (tertiary alicyclic amines) is 1. The first-order chi connectivity index (χ1) is 20.2. The number of hydrogen-bond donors (Lipinski definition) is 1. The quantitative estimate of drug-likeness (QED) is 0.272. The van der Waals surface area contributed by atoms with Gasteiger partial charge in [-0.05, 0) is 48.5 Å². The second-order valence-corrected chi connectivity index (χ2v) is 12.4. The molecule has 12 nitrogen and oxygen atoms in total. The summed E-state index contributed by atoms with van der Waals surface area (Å²) >= 11 is 0. The lowest BCUT2D eigenvalue weighted by Gasteiger charge is -2.37. The van der Waals surface area contributed by atoms with E-state index >= 15 is 0 Å². The molecule has 3 fully saturated rings. The predicted octanol–water partition coefficient (Wildman–Crippen LogP) is 2.31. The minimum Gasteiger partial charge on any atom is -0.391 e. The average molecular weight is 602 g/mol.